The second-order valence-electron chi connectivity index (χ2n) is 9.05. The van der Waals surface area contributed by atoms with Crippen molar-refractivity contribution >= 4 is 34.2 Å². The minimum absolute atomic E-state index is 0.194. The highest BCUT2D eigenvalue weighted by atomic mass is 32.1. The summed E-state index contributed by atoms with van der Waals surface area (Å²) in [4.78, 5) is 32.7. The second-order valence-corrected chi connectivity index (χ2v) is 10.1. The Labute approximate surface area is 235 Å². The first-order valence-corrected chi connectivity index (χ1v) is 13.8. The van der Waals surface area contributed by atoms with E-state index in [1.54, 1.807) is 44.8 Å². The molecule has 1 aliphatic rings. The third-order valence-electron chi connectivity index (χ3n) is 6.73. The number of hydrogen-bond acceptors (Lipinski definition) is 8. The number of rotatable bonds is 8. The zero-order chi connectivity index (χ0) is 28.4. The number of thiazole rings is 1. The van der Waals surface area contributed by atoms with Gasteiger partial charge in [-0.15, -0.1) is 0 Å². The topological polar surface area (TPSA) is 88.4 Å². The summed E-state index contributed by atoms with van der Waals surface area (Å²) in [6, 6.07) is 16.4. The van der Waals surface area contributed by atoms with Crippen molar-refractivity contribution in [2.45, 2.75) is 26.8 Å². The van der Waals surface area contributed by atoms with E-state index in [1.165, 1.54) is 11.3 Å². The normalized spacial score (nSPS) is 15.0. The number of methoxy groups -OCH3 is 2. The van der Waals surface area contributed by atoms with Crippen LogP contribution in [0.15, 0.2) is 75.7 Å². The van der Waals surface area contributed by atoms with Crippen LogP contribution in [0, 0.1) is 0 Å². The van der Waals surface area contributed by atoms with Crippen LogP contribution in [0.25, 0.3) is 16.8 Å². The van der Waals surface area contributed by atoms with Gasteiger partial charge in [-0.05, 0) is 61.4 Å². The van der Waals surface area contributed by atoms with Crippen molar-refractivity contribution < 1.29 is 23.7 Å². The Morgan fingerprint density at radius 1 is 1.00 bits per heavy atom. The largest absolute Gasteiger partial charge is 0.496 e. The summed E-state index contributed by atoms with van der Waals surface area (Å²) in [6.45, 7) is 6.09. The average molecular weight is 559 g/mol. The predicted octanol–water partition coefficient (Wildman–Crippen LogP) is 4.37. The summed E-state index contributed by atoms with van der Waals surface area (Å²) in [5, 5.41) is 1.83. The van der Waals surface area contributed by atoms with Crippen LogP contribution >= 0.6 is 11.3 Å². The van der Waals surface area contributed by atoms with Crippen molar-refractivity contribution in [3.8, 4) is 17.2 Å². The van der Waals surface area contributed by atoms with E-state index in [1.807, 2.05) is 55.5 Å². The molecule has 2 heterocycles. The van der Waals surface area contributed by atoms with Crippen molar-refractivity contribution in [2.75, 3.05) is 27.4 Å². The van der Waals surface area contributed by atoms with Gasteiger partial charge in [-0.25, -0.2) is 9.79 Å². The van der Waals surface area contributed by atoms with Gasteiger partial charge in [-0.3, -0.25) is 9.36 Å². The number of hydrogen-bond donors (Lipinski definition) is 0. The van der Waals surface area contributed by atoms with E-state index in [2.05, 4.69) is 0 Å². The van der Waals surface area contributed by atoms with E-state index in [0.717, 1.165) is 16.3 Å². The molecule has 0 bridgehead atoms. The Morgan fingerprint density at radius 2 is 1.75 bits per heavy atom. The highest BCUT2D eigenvalue weighted by Gasteiger charge is 2.36. The molecule has 206 valence electrons. The molecular formula is C31H30N2O6S. The molecule has 1 atom stereocenters. The first kappa shape index (κ1) is 27.2. The Balaban J connectivity index is 1.79. The van der Waals surface area contributed by atoms with Gasteiger partial charge in [-0.2, -0.15) is 0 Å². The molecule has 40 heavy (non-hydrogen) atoms. The van der Waals surface area contributed by atoms with Gasteiger partial charge in [0.05, 0.1) is 43.2 Å². The lowest BCUT2D eigenvalue weighted by Crippen LogP contribution is -2.40. The molecule has 8 nitrogen and oxygen atoms in total. The zero-order valence-corrected chi connectivity index (χ0v) is 23.8. The number of aromatic nitrogens is 1. The predicted molar refractivity (Wildman–Crippen MR) is 155 cm³/mol. The molecule has 0 saturated carbocycles. The van der Waals surface area contributed by atoms with Crippen LogP contribution in [0.3, 0.4) is 0 Å². The maximum Gasteiger partial charge on any atom is 0.338 e. The van der Waals surface area contributed by atoms with Crippen molar-refractivity contribution in [3.05, 3.63) is 96.7 Å². The zero-order valence-electron chi connectivity index (χ0n) is 23.0. The average Bonchev–Trinajstić information content (AvgIpc) is 3.26. The van der Waals surface area contributed by atoms with E-state index < -0.39 is 12.0 Å². The Bertz CT molecular complexity index is 1820. The van der Waals surface area contributed by atoms with Crippen molar-refractivity contribution in [2.24, 2.45) is 4.99 Å². The third-order valence-corrected chi connectivity index (χ3v) is 7.71. The summed E-state index contributed by atoms with van der Waals surface area (Å²) in [7, 11) is 3.16. The molecule has 0 saturated heterocycles. The molecule has 1 aliphatic heterocycles. The molecule has 3 aromatic carbocycles. The van der Waals surface area contributed by atoms with E-state index in [-0.39, 0.29) is 12.2 Å². The van der Waals surface area contributed by atoms with E-state index in [4.69, 9.17) is 23.9 Å². The molecule has 0 N–H and O–H groups in total. The number of benzene rings is 3. The third kappa shape index (κ3) is 4.77. The monoisotopic (exact) mass is 558 g/mol. The van der Waals surface area contributed by atoms with Gasteiger partial charge in [-0.1, -0.05) is 47.7 Å². The number of esters is 1. The summed E-state index contributed by atoms with van der Waals surface area (Å²) >= 11 is 1.26. The number of carbonyl (C=O) groups excluding carboxylic acids is 1. The van der Waals surface area contributed by atoms with Crippen LogP contribution < -0.4 is 29.1 Å². The van der Waals surface area contributed by atoms with Gasteiger partial charge in [0.15, 0.2) is 16.3 Å². The van der Waals surface area contributed by atoms with Gasteiger partial charge in [0.2, 0.25) is 0 Å². The highest BCUT2D eigenvalue weighted by molar-refractivity contribution is 7.07. The smallest absolute Gasteiger partial charge is 0.338 e. The lowest BCUT2D eigenvalue weighted by Gasteiger charge is -2.27. The molecule has 4 aromatic rings. The summed E-state index contributed by atoms with van der Waals surface area (Å²) in [5.74, 6) is 1.24. The first-order chi connectivity index (χ1) is 19.4. The molecule has 0 aliphatic carbocycles. The number of allylic oxidation sites excluding steroid dienone is 1. The van der Waals surface area contributed by atoms with Crippen LogP contribution in [0.2, 0.25) is 0 Å². The summed E-state index contributed by atoms with van der Waals surface area (Å²) in [6.07, 6.45) is 1.80. The molecule has 5 rings (SSSR count). The van der Waals surface area contributed by atoms with Gasteiger partial charge in [0, 0.05) is 5.56 Å². The Hall–Kier alpha value is -4.37. The Kier molecular flexibility index (Phi) is 7.75. The first-order valence-electron chi connectivity index (χ1n) is 13.0. The molecule has 0 amide bonds. The summed E-state index contributed by atoms with van der Waals surface area (Å²) in [5.41, 5.74) is 2.00. The fraction of sp³-hybridized carbons (Fsp3) is 0.258. The van der Waals surface area contributed by atoms with Crippen LogP contribution in [0.5, 0.6) is 17.2 Å². The second kappa shape index (κ2) is 11.4. The van der Waals surface area contributed by atoms with Crippen LogP contribution in [-0.4, -0.2) is 38.0 Å². The minimum atomic E-state index is -0.798. The lowest BCUT2D eigenvalue weighted by molar-refractivity contribution is -0.139. The van der Waals surface area contributed by atoms with Gasteiger partial charge in [0.1, 0.15) is 11.8 Å². The van der Waals surface area contributed by atoms with Gasteiger partial charge < -0.3 is 18.9 Å². The van der Waals surface area contributed by atoms with E-state index in [0.29, 0.717) is 50.0 Å². The van der Waals surface area contributed by atoms with Crippen molar-refractivity contribution in [1.29, 1.82) is 0 Å². The minimum Gasteiger partial charge on any atom is -0.496 e. The summed E-state index contributed by atoms with van der Waals surface area (Å²) < 4.78 is 24.4. The van der Waals surface area contributed by atoms with E-state index in [9.17, 15) is 9.59 Å². The maximum atomic E-state index is 14.1. The molecule has 0 unspecified atom stereocenters. The van der Waals surface area contributed by atoms with E-state index >= 15 is 0 Å². The van der Waals surface area contributed by atoms with Crippen LogP contribution in [-0.2, 0) is 9.53 Å². The molecule has 0 radical (unpaired) electrons. The van der Waals surface area contributed by atoms with Gasteiger partial charge >= 0.3 is 5.97 Å². The quantitative estimate of drug-likeness (QED) is 0.299. The SMILES string of the molecule is CCOC(=O)C1=C(C)N=c2s/c(=C\c3ccc(OC)c(OCC)c3)c(=O)n2[C@@H]1c1c(OC)ccc2ccccc12. The van der Waals surface area contributed by atoms with Crippen LogP contribution in [0.1, 0.15) is 37.9 Å². The molecular weight excluding hydrogens is 528 g/mol. The van der Waals surface area contributed by atoms with Crippen molar-refractivity contribution in [3.63, 3.8) is 0 Å². The molecule has 9 heteroatoms. The fourth-order valence-corrected chi connectivity index (χ4v) is 6.05. The molecule has 1 aromatic heterocycles. The Morgan fingerprint density at radius 3 is 2.48 bits per heavy atom. The maximum absolute atomic E-state index is 14.1. The molecule has 0 fully saturated rings. The van der Waals surface area contributed by atoms with Crippen LogP contribution in [0.4, 0.5) is 0 Å². The number of carbonyl (C=O) groups is 1. The number of fused-ring (bicyclic) bond motifs is 2. The standard InChI is InChI=1S/C31H30N2O6S/c1-6-38-24-16-19(12-14-22(24)36-4)17-25-29(34)33-28(26(30(35)39-7-2)18(3)32-31(33)40-25)27-21-11-9-8-10-20(21)13-15-23(27)37-5/h8-17,28H,6-7H2,1-5H3/b25-17-/t28-/m0/s1. The van der Waals surface area contributed by atoms with Crippen molar-refractivity contribution in [1.82, 2.24) is 4.57 Å². The number of nitrogens with zero attached hydrogens (tertiary/aromatic N) is 2. The highest BCUT2D eigenvalue weighted by Crippen LogP contribution is 2.40. The fourth-order valence-electron chi connectivity index (χ4n) is 5.00. The molecule has 0 spiro atoms. The van der Waals surface area contributed by atoms with Gasteiger partial charge in [0.25, 0.3) is 5.56 Å². The lowest BCUT2D eigenvalue weighted by atomic mass is 9.90. The number of ether oxygens (including phenoxy) is 4.